The third kappa shape index (κ3) is 3.19. The van der Waals surface area contributed by atoms with Crippen LogP contribution < -0.4 is 0 Å². The summed E-state index contributed by atoms with van der Waals surface area (Å²) in [6.45, 7) is 1.89. The first kappa shape index (κ1) is 22.9. The van der Waals surface area contributed by atoms with Crippen LogP contribution in [0.5, 0.6) is 0 Å². The van der Waals surface area contributed by atoms with E-state index >= 15 is 0 Å². The number of fused-ring (bicyclic) bond motifs is 1. The number of carbonyl (C=O) groups is 2. The number of imidazole rings is 1. The summed E-state index contributed by atoms with van der Waals surface area (Å²) in [5, 5.41) is 0. The Hall–Kier alpha value is -4.57. The van der Waals surface area contributed by atoms with Crippen molar-refractivity contribution in [3.05, 3.63) is 161 Å². The average Bonchev–Trinajstić information content (AvgIpc) is 3.54. The van der Waals surface area contributed by atoms with E-state index in [2.05, 4.69) is 41.4 Å². The van der Waals surface area contributed by atoms with Gasteiger partial charge in [0.05, 0.1) is 5.69 Å². The zero-order valence-corrected chi connectivity index (χ0v) is 20.5. The summed E-state index contributed by atoms with van der Waals surface area (Å²) in [5.41, 5.74) is 2.49. The fourth-order valence-electron chi connectivity index (χ4n) is 5.90. The molecular weight excluding hydrogens is 456 g/mol. The minimum Gasteiger partial charge on any atom is -0.343 e. The maximum atomic E-state index is 13.8. The topological polar surface area (TPSA) is 62.8 Å². The fourth-order valence-corrected chi connectivity index (χ4v) is 5.90. The van der Waals surface area contributed by atoms with E-state index in [1.54, 1.807) is 30.5 Å². The van der Waals surface area contributed by atoms with Crippen molar-refractivity contribution >= 4 is 11.6 Å². The summed E-state index contributed by atoms with van der Waals surface area (Å²) < 4.78 is 0. The minimum atomic E-state index is -1.31. The van der Waals surface area contributed by atoms with E-state index in [0.717, 1.165) is 16.7 Å². The molecule has 37 heavy (non-hydrogen) atoms. The molecule has 0 spiro atoms. The molecule has 180 valence electrons. The molecule has 0 amide bonds. The number of nitrogens with one attached hydrogen (secondary N) is 1. The number of nitrogens with zero attached hydrogens (tertiary/aromatic N) is 1. The molecule has 1 aliphatic rings. The summed E-state index contributed by atoms with van der Waals surface area (Å²) in [6.07, 6.45) is 2.03. The highest BCUT2D eigenvalue weighted by Crippen LogP contribution is 2.46. The zero-order chi connectivity index (χ0) is 25.5. The van der Waals surface area contributed by atoms with E-state index in [9.17, 15) is 9.59 Å². The molecule has 1 aliphatic carbocycles. The Balaban J connectivity index is 1.63. The number of aromatic nitrogens is 2. The molecule has 1 heterocycles. The van der Waals surface area contributed by atoms with Crippen molar-refractivity contribution in [2.75, 3.05) is 0 Å². The van der Waals surface area contributed by atoms with Crippen LogP contribution in [-0.2, 0) is 10.8 Å². The molecule has 0 saturated carbocycles. The molecule has 0 fully saturated rings. The van der Waals surface area contributed by atoms with Crippen LogP contribution in [0.2, 0.25) is 0 Å². The van der Waals surface area contributed by atoms with Gasteiger partial charge in [-0.05, 0) is 23.1 Å². The van der Waals surface area contributed by atoms with Crippen LogP contribution in [0.15, 0.2) is 121 Å². The van der Waals surface area contributed by atoms with Gasteiger partial charge >= 0.3 is 0 Å². The Morgan fingerprint density at radius 1 is 0.649 bits per heavy atom. The van der Waals surface area contributed by atoms with E-state index in [0.29, 0.717) is 29.1 Å². The Bertz CT molecular complexity index is 1460. The number of benzene rings is 4. The van der Waals surface area contributed by atoms with Crippen molar-refractivity contribution in [3.8, 4) is 0 Å². The number of carbonyl (C=O) groups excluding carboxylic acids is 2. The van der Waals surface area contributed by atoms with Crippen LogP contribution >= 0.6 is 0 Å². The Kier molecular flexibility index (Phi) is 5.45. The second-order valence-corrected chi connectivity index (χ2v) is 9.46. The number of ketones is 2. The van der Waals surface area contributed by atoms with Crippen molar-refractivity contribution in [1.29, 1.82) is 0 Å². The van der Waals surface area contributed by atoms with Crippen LogP contribution in [0, 0.1) is 0 Å². The maximum absolute atomic E-state index is 13.8. The van der Waals surface area contributed by atoms with E-state index in [1.165, 1.54) is 0 Å². The van der Waals surface area contributed by atoms with E-state index in [1.807, 2.05) is 61.5 Å². The van der Waals surface area contributed by atoms with Crippen molar-refractivity contribution < 1.29 is 9.59 Å². The molecular formula is C33H26N2O2. The van der Waals surface area contributed by atoms with Crippen molar-refractivity contribution in [2.45, 2.75) is 24.2 Å². The van der Waals surface area contributed by atoms with Gasteiger partial charge in [0.15, 0.2) is 11.6 Å². The molecule has 4 heteroatoms. The first-order valence-electron chi connectivity index (χ1n) is 12.5. The standard InChI is InChI=1S/C33H26N2O2/c1-2-32(29(36)26-20-12-13-21-27(26)30(32)37)28-22-34-31(35-28)33(23-14-6-3-7-15-23,24-16-8-4-9-17-24)25-18-10-5-11-19-25/h3-22H,2H2,1H3,(H,34,35). The molecule has 4 nitrogen and oxygen atoms in total. The molecule has 1 aromatic heterocycles. The number of hydrogen-bond acceptors (Lipinski definition) is 3. The summed E-state index contributed by atoms with van der Waals surface area (Å²) in [4.78, 5) is 36.0. The second-order valence-electron chi connectivity index (χ2n) is 9.46. The van der Waals surface area contributed by atoms with Gasteiger partial charge in [-0.3, -0.25) is 9.59 Å². The summed E-state index contributed by atoms with van der Waals surface area (Å²) in [7, 11) is 0. The first-order chi connectivity index (χ1) is 18.1. The van der Waals surface area contributed by atoms with Gasteiger partial charge in [0.1, 0.15) is 16.7 Å². The van der Waals surface area contributed by atoms with Gasteiger partial charge in [-0.1, -0.05) is 122 Å². The van der Waals surface area contributed by atoms with Crippen molar-refractivity contribution in [1.82, 2.24) is 9.97 Å². The lowest BCUT2D eigenvalue weighted by atomic mass is 9.68. The zero-order valence-electron chi connectivity index (χ0n) is 20.5. The second kappa shape index (κ2) is 8.82. The smallest absolute Gasteiger partial charge is 0.183 e. The normalized spacial score (nSPS) is 14.5. The molecule has 0 bridgehead atoms. The van der Waals surface area contributed by atoms with Gasteiger partial charge in [0, 0.05) is 17.3 Å². The molecule has 6 rings (SSSR count). The first-order valence-corrected chi connectivity index (χ1v) is 12.5. The minimum absolute atomic E-state index is 0.171. The Morgan fingerprint density at radius 3 is 1.46 bits per heavy atom. The van der Waals surface area contributed by atoms with Gasteiger partial charge in [0.25, 0.3) is 0 Å². The third-order valence-electron chi connectivity index (χ3n) is 7.73. The lowest BCUT2D eigenvalue weighted by Gasteiger charge is -2.34. The SMILES string of the molecule is CCC1(c2cnc(C(c3ccccc3)(c3ccccc3)c3ccccc3)[nH]2)C(=O)c2ccccc2C1=O. The number of H-pyrrole nitrogens is 1. The number of hydrogen-bond donors (Lipinski definition) is 1. The lowest BCUT2D eigenvalue weighted by molar-refractivity contribution is 0.0785. The molecule has 4 aromatic carbocycles. The summed E-state index contributed by atoms with van der Waals surface area (Å²) in [6, 6.07) is 37.8. The predicted molar refractivity (Wildman–Crippen MR) is 144 cm³/mol. The van der Waals surface area contributed by atoms with Crippen LogP contribution in [0.3, 0.4) is 0 Å². The highest BCUT2D eigenvalue weighted by atomic mass is 16.2. The number of rotatable bonds is 6. The van der Waals surface area contributed by atoms with Crippen LogP contribution in [0.1, 0.15) is 62.3 Å². The molecule has 0 radical (unpaired) electrons. The van der Waals surface area contributed by atoms with Crippen LogP contribution in [0.4, 0.5) is 0 Å². The van der Waals surface area contributed by atoms with Crippen molar-refractivity contribution in [2.24, 2.45) is 0 Å². The molecule has 0 unspecified atom stereocenters. The fraction of sp³-hybridized carbons (Fsp3) is 0.121. The quantitative estimate of drug-likeness (QED) is 0.221. The molecule has 1 N–H and O–H groups in total. The number of aromatic amines is 1. The van der Waals surface area contributed by atoms with Crippen molar-refractivity contribution in [3.63, 3.8) is 0 Å². The van der Waals surface area contributed by atoms with Gasteiger partial charge in [-0.15, -0.1) is 0 Å². The summed E-state index contributed by atoms with van der Waals surface area (Å²) >= 11 is 0. The average molecular weight is 483 g/mol. The Morgan fingerprint density at radius 2 is 1.05 bits per heavy atom. The molecule has 5 aromatic rings. The molecule has 0 atom stereocenters. The molecule has 0 aliphatic heterocycles. The Labute approximate surface area is 216 Å². The van der Waals surface area contributed by atoms with Gasteiger partial charge < -0.3 is 4.98 Å². The maximum Gasteiger partial charge on any atom is 0.183 e. The van der Waals surface area contributed by atoms with E-state index in [4.69, 9.17) is 4.98 Å². The highest BCUT2D eigenvalue weighted by Gasteiger charge is 2.54. The van der Waals surface area contributed by atoms with Crippen LogP contribution in [0.25, 0.3) is 0 Å². The lowest BCUT2D eigenvalue weighted by Crippen LogP contribution is -2.38. The largest absolute Gasteiger partial charge is 0.343 e. The third-order valence-corrected chi connectivity index (χ3v) is 7.73. The monoisotopic (exact) mass is 482 g/mol. The predicted octanol–water partition coefficient (Wildman–Crippen LogP) is 6.52. The van der Waals surface area contributed by atoms with Gasteiger partial charge in [0.2, 0.25) is 0 Å². The summed E-state index contributed by atoms with van der Waals surface area (Å²) in [5.74, 6) is 0.321. The van der Waals surface area contributed by atoms with Crippen LogP contribution in [-0.4, -0.2) is 21.5 Å². The highest BCUT2D eigenvalue weighted by molar-refractivity contribution is 6.33. The number of Topliss-reactive ketones (excluding diaryl/α,β-unsaturated/α-hetero) is 2. The van der Waals surface area contributed by atoms with Gasteiger partial charge in [-0.25, -0.2) is 4.98 Å². The van der Waals surface area contributed by atoms with E-state index in [-0.39, 0.29) is 11.6 Å². The van der Waals surface area contributed by atoms with E-state index < -0.39 is 10.8 Å². The van der Waals surface area contributed by atoms with Gasteiger partial charge in [-0.2, -0.15) is 0 Å². The molecule has 0 saturated heterocycles.